The van der Waals surface area contributed by atoms with Gasteiger partial charge < -0.3 is 5.11 Å². The summed E-state index contributed by atoms with van der Waals surface area (Å²) < 4.78 is 0. The van der Waals surface area contributed by atoms with Gasteiger partial charge in [0.05, 0.1) is 16.8 Å². The van der Waals surface area contributed by atoms with E-state index in [2.05, 4.69) is 9.97 Å². The largest absolute Gasteiger partial charge is 0.478 e. The third kappa shape index (κ3) is 2.12. The summed E-state index contributed by atoms with van der Waals surface area (Å²) in [6.45, 7) is 0. The number of para-hydroxylation sites is 1. The number of carboxylic acid groups (broad SMARTS) is 1. The fourth-order valence-corrected chi connectivity index (χ4v) is 2.88. The molecule has 110 valence electrons. The second-order valence-electron chi connectivity index (χ2n) is 5.25. The van der Waals surface area contributed by atoms with Gasteiger partial charge in [-0.15, -0.1) is 0 Å². The molecule has 4 aromatic rings. The van der Waals surface area contributed by atoms with Crippen molar-refractivity contribution in [1.82, 2.24) is 9.97 Å². The third-order valence-corrected chi connectivity index (χ3v) is 3.92. The molecular formula is C19H12N2O2. The van der Waals surface area contributed by atoms with E-state index in [9.17, 15) is 9.90 Å². The van der Waals surface area contributed by atoms with Gasteiger partial charge in [-0.25, -0.2) is 9.78 Å². The molecule has 0 amide bonds. The van der Waals surface area contributed by atoms with Gasteiger partial charge >= 0.3 is 5.97 Å². The van der Waals surface area contributed by atoms with Crippen molar-refractivity contribution in [2.75, 3.05) is 0 Å². The van der Waals surface area contributed by atoms with E-state index in [-0.39, 0.29) is 5.56 Å². The summed E-state index contributed by atoms with van der Waals surface area (Å²) in [4.78, 5) is 20.3. The van der Waals surface area contributed by atoms with Gasteiger partial charge in [-0.2, -0.15) is 0 Å². The normalized spacial score (nSPS) is 11.0. The van der Waals surface area contributed by atoms with Crippen LogP contribution in [-0.4, -0.2) is 21.0 Å². The second kappa shape index (κ2) is 5.18. The SMILES string of the molecule is O=C(O)c1cccc2c1nc(-c1ccncc1)c1ccccc12. The van der Waals surface area contributed by atoms with E-state index < -0.39 is 5.97 Å². The number of carbonyl (C=O) groups is 1. The minimum Gasteiger partial charge on any atom is -0.478 e. The molecule has 0 bridgehead atoms. The summed E-state index contributed by atoms with van der Waals surface area (Å²) in [7, 11) is 0. The Morgan fingerprint density at radius 1 is 0.826 bits per heavy atom. The van der Waals surface area contributed by atoms with E-state index in [1.54, 1.807) is 24.5 Å². The molecule has 0 radical (unpaired) electrons. The highest BCUT2D eigenvalue weighted by atomic mass is 16.4. The first kappa shape index (κ1) is 13.4. The summed E-state index contributed by atoms with van der Waals surface area (Å²) in [6, 6.07) is 16.9. The van der Waals surface area contributed by atoms with Crippen molar-refractivity contribution in [3.8, 4) is 11.3 Å². The molecule has 2 aromatic heterocycles. The van der Waals surface area contributed by atoms with Gasteiger partial charge in [0, 0.05) is 28.7 Å². The lowest BCUT2D eigenvalue weighted by Crippen LogP contribution is -2.00. The summed E-state index contributed by atoms with van der Waals surface area (Å²) in [5.74, 6) is -0.973. The van der Waals surface area contributed by atoms with Crippen molar-refractivity contribution in [2.24, 2.45) is 0 Å². The number of aromatic carboxylic acids is 1. The van der Waals surface area contributed by atoms with Crippen molar-refractivity contribution >= 4 is 27.6 Å². The number of carboxylic acids is 1. The van der Waals surface area contributed by atoms with Crippen LogP contribution in [0.2, 0.25) is 0 Å². The maximum absolute atomic E-state index is 11.5. The van der Waals surface area contributed by atoms with Crippen molar-refractivity contribution in [1.29, 1.82) is 0 Å². The van der Waals surface area contributed by atoms with Gasteiger partial charge in [-0.1, -0.05) is 36.4 Å². The first-order chi connectivity index (χ1) is 11.3. The number of nitrogens with zero attached hydrogens (tertiary/aromatic N) is 2. The topological polar surface area (TPSA) is 63.1 Å². The Morgan fingerprint density at radius 2 is 1.52 bits per heavy atom. The number of rotatable bonds is 2. The first-order valence-corrected chi connectivity index (χ1v) is 7.21. The molecule has 4 heteroatoms. The third-order valence-electron chi connectivity index (χ3n) is 3.92. The highest BCUT2D eigenvalue weighted by Gasteiger charge is 2.15. The van der Waals surface area contributed by atoms with E-state index >= 15 is 0 Å². The van der Waals surface area contributed by atoms with Crippen LogP contribution < -0.4 is 0 Å². The van der Waals surface area contributed by atoms with Crippen molar-refractivity contribution in [2.45, 2.75) is 0 Å². The Hall–Kier alpha value is -3.27. The molecule has 2 heterocycles. The fraction of sp³-hybridized carbons (Fsp3) is 0. The molecule has 2 aromatic carbocycles. The molecule has 0 saturated heterocycles. The van der Waals surface area contributed by atoms with Gasteiger partial charge in [-0.05, 0) is 23.6 Å². The molecule has 4 rings (SSSR count). The molecule has 0 saturated carbocycles. The molecule has 0 spiro atoms. The summed E-state index contributed by atoms with van der Waals surface area (Å²) in [6.07, 6.45) is 3.41. The van der Waals surface area contributed by atoms with Crippen LogP contribution in [0, 0.1) is 0 Å². The quantitative estimate of drug-likeness (QED) is 0.565. The van der Waals surface area contributed by atoms with Crippen LogP contribution in [0.25, 0.3) is 32.9 Å². The monoisotopic (exact) mass is 300 g/mol. The van der Waals surface area contributed by atoms with E-state index in [4.69, 9.17) is 0 Å². The highest BCUT2D eigenvalue weighted by molar-refractivity contribution is 6.15. The molecule has 0 aliphatic rings. The number of hydrogen-bond acceptors (Lipinski definition) is 3. The molecule has 0 aliphatic heterocycles. The molecular weight excluding hydrogens is 288 g/mol. The predicted molar refractivity (Wildman–Crippen MR) is 89.4 cm³/mol. The van der Waals surface area contributed by atoms with E-state index in [1.165, 1.54) is 0 Å². The summed E-state index contributed by atoms with van der Waals surface area (Å²) >= 11 is 0. The molecule has 0 unspecified atom stereocenters. The number of fused-ring (bicyclic) bond motifs is 3. The average molecular weight is 300 g/mol. The molecule has 0 fully saturated rings. The average Bonchev–Trinajstić information content (AvgIpc) is 2.61. The lowest BCUT2D eigenvalue weighted by molar-refractivity contribution is 0.0699. The minimum absolute atomic E-state index is 0.212. The summed E-state index contributed by atoms with van der Waals surface area (Å²) in [5, 5.41) is 12.3. The number of hydrogen-bond donors (Lipinski definition) is 1. The Morgan fingerprint density at radius 3 is 2.26 bits per heavy atom. The lowest BCUT2D eigenvalue weighted by Gasteiger charge is -2.11. The zero-order valence-corrected chi connectivity index (χ0v) is 12.1. The molecule has 4 nitrogen and oxygen atoms in total. The van der Waals surface area contributed by atoms with Crippen LogP contribution in [-0.2, 0) is 0 Å². The zero-order valence-electron chi connectivity index (χ0n) is 12.1. The van der Waals surface area contributed by atoms with Gasteiger partial charge in [-0.3, -0.25) is 4.98 Å². The van der Waals surface area contributed by atoms with Crippen LogP contribution in [0.1, 0.15) is 10.4 Å². The first-order valence-electron chi connectivity index (χ1n) is 7.21. The van der Waals surface area contributed by atoms with Crippen LogP contribution >= 0.6 is 0 Å². The van der Waals surface area contributed by atoms with Crippen LogP contribution in [0.5, 0.6) is 0 Å². The summed E-state index contributed by atoms with van der Waals surface area (Å²) in [5.41, 5.74) is 2.40. The van der Waals surface area contributed by atoms with E-state index in [0.717, 1.165) is 27.4 Å². The molecule has 23 heavy (non-hydrogen) atoms. The van der Waals surface area contributed by atoms with E-state index in [1.807, 2.05) is 42.5 Å². The van der Waals surface area contributed by atoms with Crippen molar-refractivity contribution in [3.63, 3.8) is 0 Å². The highest BCUT2D eigenvalue weighted by Crippen LogP contribution is 2.33. The second-order valence-corrected chi connectivity index (χ2v) is 5.25. The maximum Gasteiger partial charge on any atom is 0.337 e. The minimum atomic E-state index is -0.973. The fourth-order valence-electron chi connectivity index (χ4n) is 2.88. The molecule has 0 atom stereocenters. The number of aromatic nitrogens is 2. The molecule has 1 N–H and O–H groups in total. The number of pyridine rings is 2. The van der Waals surface area contributed by atoms with Crippen LogP contribution in [0.3, 0.4) is 0 Å². The van der Waals surface area contributed by atoms with Gasteiger partial charge in [0.25, 0.3) is 0 Å². The Kier molecular flexibility index (Phi) is 3.01. The standard InChI is InChI=1S/C19H12N2O2/c22-19(23)16-7-3-6-15-13-4-1-2-5-14(13)17(21-18(15)16)12-8-10-20-11-9-12/h1-11H,(H,22,23). The maximum atomic E-state index is 11.5. The Balaban J connectivity index is 2.21. The Labute approximate surface area is 132 Å². The van der Waals surface area contributed by atoms with Crippen LogP contribution in [0.4, 0.5) is 0 Å². The van der Waals surface area contributed by atoms with E-state index in [0.29, 0.717) is 5.52 Å². The number of benzene rings is 2. The lowest BCUT2D eigenvalue weighted by atomic mass is 9.99. The predicted octanol–water partition coefficient (Wildman–Crippen LogP) is 4.15. The van der Waals surface area contributed by atoms with Gasteiger partial charge in [0.15, 0.2) is 0 Å². The van der Waals surface area contributed by atoms with Crippen LogP contribution in [0.15, 0.2) is 67.0 Å². The zero-order chi connectivity index (χ0) is 15.8. The van der Waals surface area contributed by atoms with Crippen molar-refractivity contribution in [3.05, 3.63) is 72.6 Å². The van der Waals surface area contributed by atoms with Crippen molar-refractivity contribution < 1.29 is 9.90 Å². The molecule has 0 aliphatic carbocycles. The van der Waals surface area contributed by atoms with Gasteiger partial charge in [0.2, 0.25) is 0 Å². The van der Waals surface area contributed by atoms with Gasteiger partial charge in [0.1, 0.15) is 0 Å². The smallest absolute Gasteiger partial charge is 0.337 e. The Bertz CT molecular complexity index is 1040.